The van der Waals surface area contributed by atoms with E-state index in [9.17, 15) is 8.78 Å². The number of aryl methyl sites for hydroxylation is 2. The van der Waals surface area contributed by atoms with Crippen molar-refractivity contribution in [2.24, 2.45) is 0 Å². The molecule has 0 spiro atoms. The Balaban J connectivity index is 1.71. The number of alkyl halides is 2. The van der Waals surface area contributed by atoms with E-state index >= 15 is 0 Å². The molecule has 4 heterocycles. The van der Waals surface area contributed by atoms with Gasteiger partial charge in [0.05, 0.1) is 54.8 Å². The van der Waals surface area contributed by atoms with Crippen molar-refractivity contribution in [3.05, 3.63) is 35.6 Å². The Labute approximate surface area is 201 Å². The van der Waals surface area contributed by atoms with Crippen LogP contribution in [0.4, 0.5) is 8.78 Å². The molecular formula is C25H29F2N5O3. The van der Waals surface area contributed by atoms with Gasteiger partial charge in [0, 0.05) is 10.9 Å². The third kappa shape index (κ3) is 4.36. The van der Waals surface area contributed by atoms with Crippen LogP contribution in [0.5, 0.6) is 5.75 Å². The van der Waals surface area contributed by atoms with Gasteiger partial charge in [0.15, 0.2) is 0 Å². The monoisotopic (exact) mass is 485 g/mol. The third-order valence-electron chi connectivity index (χ3n) is 6.68. The van der Waals surface area contributed by atoms with Gasteiger partial charge in [-0.3, -0.25) is 9.88 Å². The van der Waals surface area contributed by atoms with Gasteiger partial charge in [-0.1, -0.05) is 5.16 Å². The fraction of sp³-hybridized carbons (Fsp3) is 0.480. The molecule has 0 bridgehead atoms. The summed E-state index contributed by atoms with van der Waals surface area (Å²) < 4.78 is 43.6. The summed E-state index contributed by atoms with van der Waals surface area (Å²) in [6, 6.07) is 3.54. The molecule has 8 nitrogen and oxygen atoms in total. The second kappa shape index (κ2) is 9.50. The van der Waals surface area contributed by atoms with Crippen LogP contribution in [-0.4, -0.2) is 58.0 Å². The Kier molecular flexibility index (Phi) is 6.41. The van der Waals surface area contributed by atoms with Gasteiger partial charge in [-0.2, -0.15) is 8.78 Å². The molecule has 0 radical (unpaired) electrons. The predicted octanol–water partition coefficient (Wildman–Crippen LogP) is 5.26. The Hall–Kier alpha value is -3.11. The number of benzene rings is 1. The van der Waals surface area contributed by atoms with E-state index in [0.29, 0.717) is 23.6 Å². The summed E-state index contributed by atoms with van der Waals surface area (Å²) >= 11 is 0. The largest absolute Gasteiger partial charge is 0.496 e. The van der Waals surface area contributed by atoms with Gasteiger partial charge in [0.25, 0.3) is 0 Å². The van der Waals surface area contributed by atoms with E-state index in [2.05, 4.69) is 15.0 Å². The Bertz CT molecular complexity index is 1340. The molecule has 35 heavy (non-hydrogen) atoms. The third-order valence-corrected chi connectivity index (χ3v) is 6.68. The molecule has 1 fully saturated rings. The standard InChI is InChI=1S/C25H29F2N5O3/c1-14(13-34-25(26)27)32-22(12-31-7-5-6-8-31)29-20-11-28-19-9-18(23-15(2)30-35-16(23)3)21(33-4)10-17(19)24(20)32/h9-11,14,25H,5-8,12-13H2,1-4H3/t14-/m1/s1. The van der Waals surface area contributed by atoms with Crippen LogP contribution in [0.25, 0.3) is 33.1 Å². The van der Waals surface area contributed by atoms with Gasteiger partial charge in [0.1, 0.15) is 22.9 Å². The summed E-state index contributed by atoms with van der Waals surface area (Å²) in [5, 5.41) is 4.91. The average Bonchev–Trinajstić information content (AvgIpc) is 3.56. The van der Waals surface area contributed by atoms with Crippen molar-refractivity contribution in [1.82, 2.24) is 24.6 Å². The number of hydrogen-bond acceptors (Lipinski definition) is 7. The molecule has 1 saturated heterocycles. The van der Waals surface area contributed by atoms with Crippen LogP contribution in [0.1, 0.15) is 43.1 Å². The second-order valence-electron chi connectivity index (χ2n) is 9.09. The average molecular weight is 486 g/mol. The second-order valence-corrected chi connectivity index (χ2v) is 9.09. The maximum Gasteiger partial charge on any atom is 0.345 e. The van der Waals surface area contributed by atoms with Gasteiger partial charge < -0.3 is 18.6 Å². The van der Waals surface area contributed by atoms with Gasteiger partial charge in [-0.25, -0.2) is 4.98 Å². The molecule has 1 aromatic carbocycles. The number of methoxy groups -OCH3 is 1. The van der Waals surface area contributed by atoms with Gasteiger partial charge in [-0.15, -0.1) is 0 Å². The summed E-state index contributed by atoms with van der Waals surface area (Å²) in [6.07, 6.45) is 4.04. The highest BCUT2D eigenvalue weighted by Crippen LogP contribution is 2.39. The minimum atomic E-state index is -2.83. The zero-order chi connectivity index (χ0) is 24.7. The lowest BCUT2D eigenvalue weighted by Crippen LogP contribution is -2.24. The SMILES string of the molecule is COc1cc2c(cc1-c1c(C)noc1C)ncc1nc(CN3CCCC3)n([C@H](C)COC(F)F)c12. The smallest absolute Gasteiger partial charge is 0.345 e. The van der Waals surface area contributed by atoms with Gasteiger partial charge in [-0.05, 0) is 58.8 Å². The summed E-state index contributed by atoms with van der Waals surface area (Å²) in [6.45, 7) is 5.30. The maximum absolute atomic E-state index is 12.9. The minimum Gasteiger partial charge on any atom is -0.496 e. The van der Waals surface area contributed by atoms with Crippen molar-refractivity contribution in [1.29, 1.82) is 0 Å². The number of rotatable bonds is 8. The first-order chi connectivity index (χ1) is 16.9. The molecular weight excluding hydrogens is 456 g/mol. The topological polar surface area (TPSA) is 78.4 Å². The summed E-state index contributed by atoms with van der Waals surface area (Å²) in [5.41, 5.74) is 4.75. The van der Waals surface area contributed by atoms with Crippen LogP contribution in [0, 0.1) is 13.8 Å². The van der Waals surface area contributed by atoms with Crippen molar-refractivity contribution >= 4 is 21.9 Å². The molecule has 0 N–H and O–H groups in total. The van der Waals surface area contributed by atoms with E-state index in [1.54, 1.807) is 13.3 Å². The summed E-state index contributed by atoms with van der Waals surface area (Å²) in [4.78, 5) is 11.9. The van der Waals surface area contributed by atoms with E-state index in [1.807, 2.05) is 37.5 Å². The molecule has 1 aliphatic heterocycles. The van der Waals surface area contributed by atoms with Crippen molar-refractivity contribution < 1.29 is 22.8 Å². The predicted molar refractivity (Wildman–Crippen MR) is 128 cm³/mol. The number of likely N-dealkylation sites (tertiary alicyclic amines) is 1. The van der Waals surface area contributed by atoms with Crippen LogP contribution >= 0.6 is 0 Å². The van der Waals surface area contributed by atoms with E-state index in [4.69, 9.17) is 19.0 Å². The first-order valence-corrected chi connectivity index (χ1v) is 11.8. The molecule has 5 rings (SSSR count). The molecule has 186 valence electrons. The van der Waals surface area contributed by atoms with Crippen molar-refractivity contribution in [3.63, 3.8) is 0 Å². The fourth-order valence-electron chi connectivity index (χ4n) is 5.10. The van der Waals surface area contributed by atoms with Gasteiger partial charge in [0.2, 0.25) is 0 Å². The molecule has 1 aliphatic rings. The summed E-state index contributed by atoms with van der Waals surface area (Å²) in [7, 11) is 1.62. The fourth-order valence-corrected chi connectivity index (χ4v) is 5.10. The Morgan fingerprint density at radius 3 is 2.57 bits per heavy atom. The molecule has 10 heteroatoms. The molecule has 3 aromatic heterocycles. The van der Waals surface area contributed by atoms with Gasteiger partial charge >= 0.3 is 6.61 Å². The first-order valence-electron chi connectivity index (χ1n) is 11.8. The Morgan fingerprint density at radius 1 is 1.14 bits per heavy atom. The molecule has 4 aromatic rings. The molecule has 0 unspecified atom stereocenters. The van der Waals surface area contributed by atoms with Crippen molar-refractivity contribution in [2.75, 3.05) is 26.8 Å². The zero-order valence-corrected chi connectivity index (χ0v) is 20.3. The number of halogens is 2. The molecule has 0 saturated carbocycles. The van der Waals surface area contributed by atoms with E-state index in [0.717, 1.165) is 65.0 Å². The van der Waals surface area contributed by atoms with E-state index < -0.39 is 6.61 Å². The quantitative estimate of drug-likeness (QED) is 0.337. The Morgan fingerprint density at radius 2 is 1.91 bits per heavy atom. The van der Waals surface area contributed by atoms with Crippen LogP contribution in [0.3, 0.4) is 0 Å². The highest BCUT2D eigenvalue weighted by molar-refractivity contribution is 6.05. The highest BCUT2D eigenvalue weighted by atomic mass is 19.3. The maximum atomic E-state index is 12.9. The van der Waals surface area contributed by atoms with E-state index in [1.165, 1.54) is 0 Å². The number of hydrogen-bond donors (Lipinski definition) is 0. The molecule has 0 amide bonds. The minimum absolute atomic E-state index is 0.131. The van der Waals surface area contributed by atoms with Crippen LogP contribution in [0.15, 0.2) is 22.9 Å². The number of fused-ring (bicyclic) bond motifs is 3. The number of aromatic nitrogens is 4. The first kappa shape index (κ1) is 23.6. The lowest BCUT2D eigenvalue weighted by Gasteiger charge is -2.21. The van der Waals surface area contributed by atoms with Crippen LogP contribution < -0.4 is 4.74 Å². The van der Waals surface area contributed by atoms with Crippen LogP contribution in [0.2, 0.25) is 0 Å². The van der Waals surface area contributed by atoms with Crippen LogP contribution in [-0.2, 0) is 11.3 Å². The molecule has 1 atom stereocenters. The number of nitrogens with zero attached hydrogens (tertiary/aromatic N) is 5. The number of imidazole rings is 1. The number of ether oxygens (including phenoxy) is 2. The normalized spacial score (nSPS) is 15.6. The highest BCUT2D eigenvalue weighted by Gasteiger charge is 2.24. The van der Waals surface area contributed by atoms with Crippen molar-refractivity contribution in [2.45, 2.75) is 52.8 Å². The van der Waals surface area contributed by atoms with E-state index in [-0.39, 0.29) is 12.6 Å². The lowest BCUT2D eigenvalue weighted by atomic mass is 10.0. The number of pyridine rings is 1. The summed E-state index contributed by atoms with van der Waals surface area (Å²) in [5.74, 6) is 2.15. The lowest BCUT2D eigenvalue weighted by molar-refractivity contribution is -0.135. The molecule has 0 aliphatic carbocycles. The zero-order valence-electron chi connectivity index (χ0n) is 20.3. The van der Waals surface area contributed by atoms with Crippen molar-refractivity contribution in [3.8, 4) is 16.9 Å².